The number of fused-ring (bicyclic) bond motifs is 3. The molecule has 36 heavy (non-hydrogen) atoms. The zero-order valence-electron chi connectivity index (χ0n) is 24.8. The zero-order valence-corrected chi connectivity index (χ0v) is 24.8. The molecule has 1 unspecified atom stereocenters. The minimum atomic E-state index is -0.0854. The SMILES string of the molecule is C=C(C)C1=C(C)C[C@@]2(C)C[C@@]3(C)Cc4c(CCCC(C)CC)ccc(C)c4C(=C)C3=C(C)[C@@]2(C)C1=C. The number of hydrogen-bond acceptors (Lipinski definition) is 0. The molecule has 3 aliphatic rings. The lowest BCUT2D eigenvalue weighted by molar-refractivity contribution is 0.0543. The second-order valence-electron chi connectivity index (χ2n) is 13.5. The Morgan fingerprint density at radius 1 is 1.06 bits per heavy atom. The van der Waals surface area contributed by atoms with Gasteiger partial charge in [-0.05, 0) is 121 Å². The average molecular weight is 483 g/mol. The topological polar surface area (TPSA) is 0 Å². The molecule has 0 aliphatic heterocycles. The number of aryl methyl sites for hydroxylation is 2. The molecule has 0 radical (unpaired) electrons. The second-order valence-corrected chi connectivity index (χ2v) is 13.5. The minimum absolute atomic E-state index is 0.0854. The maximum atomic E-state index is 4.83. The third-order valence-corrected chi connectivity index (χ3v) is 10.8. The number of rotatable bonds is 6. The average Bonchev–Trinajstić information content (AvgIpc) is 2.77. The quantitative estimate of drug-likeness (QED) is 0.378. The summed E-state index contributed by atoms with van der Waals surface area (Å²) in [6, 6.07) is 4.77. The van der Waals surface area contributed by atoms with Crippen molar-refractivity contribution in [2.24, 2.45) is 22.2 Å². The predicted molar refractivity (Wildman–Crippen MR) is 159 cm³/mol. The summed E-state index contributed by atoms with van der Waals surface area (Å²) in [5.74, 6) is 0.812. The second kappa shape index (κ2) is 9.04. The Morgan fingerprint density at radius 3 is 2.33 bits per heavy atom. The van der Waals surface area contributed by atoms with Gasteiger partial charge in [0.05, 0.1) is 0 Å². The van der Waals surface area contributed by atoms with Crippen LogP contribution in [0.1, 0.15) is 110 Å². The van der Waals surface area contributed by atoms with E-state index in [9.17, 15) is 0 Å². The molecule has 0 N–H and O–H groups in total. The van der Waals surface area contributed by atoms with Crippen LogP contribution in [-0.2, 0) is 12.8 Å². The van der Waals surface area contributed by atoms with Crippen LogP contribution in [0.5, 0.6) is 0 Å². The van der Waals surface area contributed by atoms with Crippen molar-refractivity contribution >= 4 is 5.57 Å². The maximum absolute atomic E-state index is 4.83. The fourth-order valence-corrected chi connectivity index (χ4v) is 8.68. The predicted octanol–water partition coefficient (Wildman–Crippen LogP) is 10.5. The van der Waals surface area contributed by atoms with E-state index in [1.165, 1.54) is 76.7 Å². The molecule has 0 bridgehead atoms. The molecule has 0 spiro atoms. The van der Waals surface area contributed by atoms with E-state index in [2.05, 4.69) is 81.0 Å². The monoisotopic (exact) mass is 482 g/mol. The largest absolute Gasteiger partial charge is 0.0955 e. The van der Waals surface area contributed by atoms with E-state index in [1.807, 2.05) is 0 Å². The lowest BCUT2D eigenvalue weighted by Crippen LogP contribution is -2.52. The van der Waals surface area contributed by atoms with Crippen LogP contribution in [0.2, 0.25) is 0 Å². The summed E-state index contributed by atoms with van der Waals surface area (Å²) >= 11 is 0. The van der Waals surface area contributed by atoms with Crippen LogP contribution in [-0.4, -0.2) is 0 Å². The highest BCUT2D eigenvalue weighted by atomic mass is 14.6. The molecule has 3 aliphatic carbocycles. The van der Waals surface area contributed by atoms with Crippen molar-refractivity contribution in [1.29, 1.82) is 0 Å². The van der Waals surface area contributed by atoms with Crippen molar-refractivity contribution in [3.05, 3.63) is 87.6 Å². The summed E-state index contributed by atoms with van der Waals surface area (Å²) < 4.78 is 0. The first-order valence-corrected chi connectivity index (χ1v) is 14.3. The summed E-state index contributed by atoms with van der Waals surface area (Å²) in [5, 5.41) is 0. The molecular formula is C36H50. The van der Waals surface area contributed by atoms with Crippen LogP contribution < -0.4 is 0 Å². The van der Waals surface area contributed by atoms with Gasteiger partial charge in [-0.2, -0.15) is 0 Å². The van der Waals surface area contributed by atoms with Crippen molar-refractivity contribution in [2.75, 3.05) is 0 Å². The Balaban J connectivity index is 1.86. The van der Waals surface area contributed by atoms with Gasteiger partial charge in [0.25, 0.3) is 0 Å². The molecule has 0 saturated heterocycles. The molecule has 0 aromatic heterocycles. The number of hydrogen-bond donors (Lipinski definition) is 0. The molecule has 0 fully saturated rings. The lowest BCUT2D eigenvalue weighted by Gasteiger charge is -2.62. The minimum Gasteiger partial charge on any atom is -0.0955 e. The molecule has 194 valence electrons. The van der Waals surface area contributed by atoms with Crippen LogP contribution in [0.3, 0.4) is 0 Å². The fraction of sp³-hybridized carbons (Fsp3) is 0.556. The van der Waals surface area contributed by atoms with E-state index >= 15 is 0 Å². The molecule has 1 aromatic rings. The molecule has 1 aromatic carbocycles. The Kier molecular flexibility index (Phi) is 6.77. The maximum Gasteiger partial charge on any atom is 0.0194 e. The van der Waals surface area contributed by atoms with Gasteiger partial charge >= 0.3 is 0 Å². The normalized spacial score (nSPS) is 30.7. The van der Waals surface area contributed by atoms with Crippen LogP contribution in [0.15, 0.2) is 65.3 Å². The third kappa shape index (κ3) is 3.77. The van der Waals surface area contributed by atoms with Crippen molar-refractivity contribution in [1.82, 2.24) is 0 Å². The van der Waals surface area contributed by atoms with Crippen molar-refractivity contribution in [3.8, 4) is 0 Å². The first-order chi connectivity index (χ1) is 16.7. The Hall–Kier alpha value is -2.08. The van der Waals surface area contributed by atoms with Crippen molar-refractivity contribution in [3.63, 3.8) is 0 Å². The highest BCUT2D eigenvalue weighted by Crippen LogP contribution is 2.70. The van der Waals surface area contributed by atoms with Crippen LogP contribution in [0, 0.1) is 29.1 Å². The number of benzene rings is 1. The Bertz CT molecular complexity index is 1210. The molecule has 0 saturated carbocycles. The van der Waals surface area contributed by atoms with Gasteiger partial charge in [-0.25, -0.2) is 0 Å². The summed E-state index contributed by atoms with van der Waals surface area (Å²) in [4.78, 5) is 0. The van der Waals surface area contributed by atoms with E-state index in [-0.39, 0.29) is 16.2 Å². The van der Waals surface area contributed by atoms with Gasteiger partial charge in [0.1, 0.15) is 0 Å². The highest BCUT2D eigenvalue weighted by Gasteiger charge is 2.59. The van der Waals surface area contributed by atoms with Gasteiger partial charge in [-0.3, -0.25) is 0 Å². The van der Waals surface area contributed by atoms with Gasteiger partial charge in [0.2, 0.25) is 0 Å². The Morgan fingerprint density at radius 2 is 1.72 bits per heavy atom. The Labute approximate surface area is 222 Å². The number of allylic oxidation sites excluding steroid dienone is 7. The van der Waals surface area contributed by atoms with Crippen LogP contribution in [0.4, 0.5) is 0 Å². The van der Waals surface area contributed by atoms with Gasteiger partial charge in [0, 0.05) is 5.41 Å². The summed E-state index contributed by atoms with van der Waals surface area (Å²) in [7, 11) is 0. The molecule has 0 nitrogen and oxygen atoms in total. The summed E-state index contributed by atoms with van der Waals surface area (Å²) in [5.41, 5.74) is 15.6. The van der Waals surface area contributed by atoms with E-state index in [0.717, 1.165) is 24.3 Å². The zero-order chi connectivity index (χ0) is 26.8. The molecule has 4 atom stereocenters. The first kappa shape index (κ1) is 27.0. The third-order valence-electron chi connectivity index (χ3n) is 10.8. The summed E-state index contributed by atoms with van der Waals surface area (Å²) in [6.45, 7) is 35.3. The smallest absolute Gasteiger partial charge is 0.0194 e. The molecular weight excluding hydrogens is 432 g/mol. The van der Waals surface area contributed by atoms with Gasteiger partial charge in [-0.15, -0.1) is 0 Å². The fourth-order valence-electron chi connectivity index (χ4n) is 8.68. The van der Waals surface area contributed by atoms with Crippen LogP contribution >= 0.6 is 0 Å². The lowest BCUT2D eigenvalue weighted by atomic mass is 9.41. The molecule has 4 rings (SSSR count). The molecule has 0 amide bonds. The van der Waals surface area contributed by atoms with E-state index < -0.39 is 0 Å². The van der Waals surface area contributed by atoms with E-state index in [0.29, 0.717) is 0 Å². The summed E-state index contributed by atoms with van der Waals surface area (Å²) in [6.07, 6.45) is 8.46. The van der Waals surface area contributed by atoms with Crippen molar-refractivity contribution in [2.45, 2.75) is 107 Å². The highest BCUT2D eigenvalue weighted by molar-refractivity contribution is 5.87. The van der Waals surface area contributed by atoms with Gasteiger partial charge < -0.3 is 0 Å². The van der Waals surface area contributed by atoms with Crippen LogP contribution in [0.25, 0.3) is 5.57 Å². The van der Waals surface area contributed by atoms with E-state index in [1.54, 1.807) is 11.1 Å². The van der Waals surface area contributed by atoms with Gasteiger partial charge in [-0.1, -0.05) is 96.0 Å². The molecule has 0 heterocycles. The van der Waals surface area contributed by atoms with Gasteiger partial charge in [0.15, 0.2) is 0 Å². The molecule has 0 heteroatoms. The van der Waals surface area contributed by atoms with E-state index in [4.69, 9.17) is 13.2 Å². The first-order valence-electron chi connectivity index (χ1n) is 14.3. The van der Waals surface area contributed by atoms with Crippen molar-refractivity contribution < 1.29 is 0 Å². The standard InChI is InChI=1S/C36H50/c1-13-23(4)15-14-16-29-18-17-24(5)32-26(7)33-28(9)36(12)27(8)31(22(2)3)25(6)19-35(36,11)21-34(33,10)20-30(29)32/h17-18,23H,2,7-8,13-16,19-21H2,1,3-6,9-12H3/t23?,34-,35+,36-/m1/s1.